The molecule has 2 aromatic heterocycles. The van der Waals surface area contributed by atoms with Gasteiger partial charge in [0.15, 0.2) is 0 Å². The van der Waals surface area contributed by atoms with E-state index in [1.807, 2.05) is 24.0 Å². The van der Waals surface area contributed by atoms with Gasteiger partial charge in [-0.1, -0.05) is 57.1 Å². The third kappa shape index (κ3) is 6.00. The van der Waals surface area contributed by atoms with Crippen molar-refractivity contribution in [1.29, 1.82) is 0 Å². The number of hydrogen-bond donors (Lipinski definition) is 0. The van der Waals surface area contributed by atoms with E-state index in [0.717, 1.165) is 24.1 Å². The van der Waals surface area contributed by atoms with Crippen LogP contribution in [0.25, 0.3) is 22.4 Å². The number of fused-ring (bicyclic) bond motifs is 1. The van der Waals surface area contributed by atoms with Crippen LogP contribution in [0.4, 0.5) is 19.0 Å². The number of aryl methyl sites for hydroxylation is 1. The Kier molecular flexibility index (Phi) is 8.06. The highest BCUT2D eigenvalue weighted by molar-refractivity contribution is 7.89. The molecule has 12 heteroatoms. The van der Waals surface area contributed by atoms with Gasteiger partial charge in [0, 0.05) is 38.2 Å². The molecule has 5 rings (SSSR count). The first-order chi connectivity index (χ1) is 19.8. The van der Waals surface area contributed by atoms with E-state index in [1.54, 1.807) is 12.1 Å². The molecule has 8 nitrogen and oxygen atoms in total. The Labute approximate surface area is 243 Å². The van der Waals surface area contributed by atoms with Crippen LogP contribution in [0.3, 0.4) is 0 Å². The molecule has 0 N–H and O–H groups in total. The molecule has 1 aliphatic heterocycles. The molecule has 0 spiro atoms. The summed E-state index contributed by atoms with van der Waals surface area (Å²) >= 11 is 0. The Balaban J connectivity index is 1.49. The molecular formula is C30H34F3N5O3S. The van der Waals surface area contributed by atoms with Gasteiger partial charge < -0.3 is 9.42 Å². The van der Waals surface area contributed by atoms with Crippen LogP contribution in [0.5, 0.6) is 0 Å². The molecule has 0 bridgehead atoms. The zero-order valence-electron chi connectivity index (χ0n) is 24.1. The lowest BCUT2D eigenvalue weighted by molar-refractivity contribution is -0.137. The third-order valence-corrected chi connectivity index (χ3v) is 9.33. The van der Waals surface area contributed by atoms with Gasteiger partial charge in [-0.2, -0.15) is 22.5 Å². The van der Waals surface area contributed by atoms with Crippen LogP contribution in [-0.2, 0) is 28.0 Å². The highest BCUT2D eigenvalue weighted by atomic mass is 32.2. The van der Waals surface area contributed by atoms with E-state index in [4.69, 9.17) is 9.51 Å². The monoisotopic (exact) mass is 601 g/mol. The lowest BCUT2D eigenvalue weighted by Gasteiger charge is -2.24. The average molecular weight is 602 g/mol. The fourth-order valence-electron chi connectivity index (χ4n) is 5.11. The van der Waals surface area contributed by atoms with E-state index in [9.17, 15) is 21.6 Å². The maximum absolute atomic E-state index is 13.6. The van der Waals surface area contributed by atoms with Crippen molar-refractivity contribution in [3.05, 3.63) is 65.5 Å². The minimum absolute atomic E-state index is 0.0975. The normalized spacial score (nSPS) is 15.7. The molecular weight excluding hydrogens is 567 g/mol. The summed E-state index contributed by atoms with van der Waals surface area (Å²) in [6.45, 7) is 9.55. The van der Waals surface area contributed by atoms with Crippen LogP contribution < -0.4 is 4.90 Å². The molecule has 0 unspecified atom stereocenters. The van der Waals surface area contributed by atoms with Gasteiger partial charge in [-0.25, -0.2) is 13.4 Å². The Bertz CT molecular complexity index is 1680. The lowest BCUT2D eigenvalue weighted by Crippen LogP contribution is -2.35. The smallest absolute Gasteiger partial charge is 0.354 e. The highest BCUT2D eigenvalue weighted by Gasteiger charge is 2.32. The summed E-state index contributed by atoms with van der Waals surface area (Å²) in [7, 11) is -3.74. The van der Waals surface area contributed by atoms with Gasteiger partial charge in [0.25, 0.3) is 5.71 Å². The van der Waals surface area contributed by atoms with Crippen molar-refractivity contribution in [2.75, 3.05) is 31.1 Å². The fraction of sp³-hybridized carbons (Fsp3) is 0.433. The standard InChI is InChI=1S/C30H34F3N5O3S/c1-5-8-24-34-27(25-26(36-41-28(25)35-24)20-9-6-10-22(19-20)30(31,32)33)37-15-7-16-38(18-17-37)42(39,40)23-13-11-21(12-14-23)29(2,3)4/h6,9-14,19H,5,7-8,15-18H2,1-4H3. The van der Waals surface area contributed by atoms with Crippen LogP contribution in [-0.4, -0.2) is 54.0 Å². The number of alkyl halides is 3. The molecule has 42 heavy (non-hydrogen) atoms. The molecule has 4 aromatic rings. The molecule has 1 saturated heterocycles. The van der Waals surface area contributed by atoms with Gasteiger partial charge in [0.05, 0.1) is 10.5 Å². The minimum Gasteiger partial charge on any atom is -0.354 e. The third-order valence-electron chi connectivity index (χ3n) is 7.41. The van der Waals surface area contributed by atoms with E-state index in [1.165, 1.54) is 16.4 Å². The lowest BCUT2D eigenvalue weighted by atomic mass is 9.87. The Hall–Kier alpha value is -3.51. The molecule has 0 amide bonds. The maximum Gasteiger partial charge on any atom is 0.416 e. The number of sulfonamides is 1. The average Bonchev–Trinajstić information content (AvgIpc) is 3.20. The number of benzene rings is 2. The van der Waals surface area contributed by atoms with Crippen molar-refractivity contribution in [2.45, 2.75) is 63.4 Å². The van der Waals surface area contributed by atoms with Crippen LogP contribution >= 0.6 is 0 Å². The van der Waals surface area contributed by atoms with Crippen molar-refractivity contribution >= 4 is 26.9 Å². The number of halogens is 3. The largest absolute Gasteiger partial charge is 0.416 e. The van der Waals surface area contributed by atoms with Gasteiger partial charge >= 0.3 is 6.18 Å². The van der Waals surface area contributed by atoms with Crippen molar-refractivity contribution in [1.82, 2.24) is 19.4 Å². The van der Waals surface area contributed by atoms with Gasteiger partial charge in [-0.3, -0.25) is 0 Å². The zero-order valence-corrected chi connectivity index (χ0v) is 24.9. The Morgan fingerprint density at radius 1 is 0.929 bits per heavy atom. The van der Waals surface area contributed by atoms with Gasteiger partial charge in [0.2, 0.25) is 10.0 Å². The number of rotatable bonds is 6. The molecule has 0 radical (unpaired) electrons. The minimum atomic E-state index is -4.52. The van der Waals surface area contributed by atoms with Crippen molar-refractivity contribution in [3.8, 4) is 11.3 Å². The fourth-order valence-corrected chi connectivity index (χ4v) is 6.58. The van der Waals surface area contributed by atoms with E-state index in [2.05, 4.69) is 30.9 Å². The number of aromatic nitrogens is 3. The van der Waals surface area contributed by atoms with Crippen LogP contribution in [0.2, 0.25) is 0 Å². The number of nitrogens with zero attached hydrogens (tertiary/aromatic N) is 5. The summed E-state index contributed by atoms with van der Waals surface area (Å²) in [5.41, 5.74) is 0.774. The molecule has 0 aliphatic carbocycles. The van der Waals surface area contributed by atoms with Crippen molar-refractivity contribution in [3.63, 3.8) is 0 Å². The van der Waals surface area contributed by atoms with E-state index in [0.29, 0.717) is 49.5 Å². The molecule has 0 atom stereocenters. The highest BCUT2D eigenvalue weighted by Crippen LogP contribution is 2.37. The second-order valence-electron chi connectivity index (χ2n) is 11.5. The number of hydrogen-bond acceptors (Lipinski definition) is 7. The van der Waals surface area contributed by atoms with E-state index < -0.39 is 21.8 Å². The first-order valence-corrected chi connectivity index (χ1v) is 15.4. The number of anilines is 1. The summed E-state index contributed by atoms with van der Waals surface area (Å²) in [5, 5.41) is 4.51. The van der Waals surface area contributed by atoms with E-state index in [-0.39, 0.29) is 33.8 Å². The topological polar surface area (TPSA) is 92.4 Å². The molecule has 2 aromatic carbocycles. The quantitative estimate of drug-likeness (QED) is 0.251. The molecule has 3 heterocycles. The first-order valence-electron chi connectivity index (χ1n) is 14.0. The summed E-state index contributed by atoms with van der Waals surface area (Å²) in [4.78, 5) is 11.5. The summed E-state index contributed by atoms with van der Waals surface area (Å²) in [6, 6.07) is 11.9. The molecule has 1 aliphatic rings. The van der Waals surface area contributed by atoms with Crippen LogP contribution in [0, 0.1) is 0 Å². The Morgan fingerprint density at radius 3 is 2.33 bits per heavy atom. The van der Waals surface area contributed by atoms with Crippen molar-refractivity contribution in [2.24, 2.45) is 0 Å². The van der Waals surface area contributed by atoms with E-state index >= 15 is 0 Å². The predicted octanol–water partition coefficient (Wildman–Crippen LogP) is 6.45. The van der Waals surface area contributed by atoms with Gasteiger partial charge in [0.1, 0.15) is 22.7 Å². The molecule has 1 fully saturated rings. The summed E-state index contributed by atoms with van der Waals surface area (Å²) in [6.07, 6.45) is -2.64. The predicted molar refractivity (Wildman–Crippen MR) is 155 cm³/mol. The second-order valence-corrected chi connectivity index (χ2v) is 13.5. The Morgan fingerprint density at radius 2 is 1.67 bits per heavy atom. The molecule has 224 valence electrons. The summed E-state index contributed by atoms with van der Waals surface area (Å²) in [5.74, 6) is 1.00. The second kappa shape index (κ2) is 11.3. The van der Waals surface area contributed by atoms with Gasteiger partial charge in [-0.05, 0) is 48.1 Å². The first kappa shape index (κ1) is 30.0. The van der Waals surface area contributed by atoms with Crippen LogP contribution in [0.15, 0.2) is 57.9 Å². The SMILES string of the molecule is CCCc1nc(N2CCCN(S(=O)(=O)c3ccc(C(C)(C)C)cc3)CC2)c2c(-c3cccc(C(F)(F)F)c3)noc2n1. The van der Waals surface area contributed by atoms with Crippen LogP contribution in [0.1, 0.15) is 57.5 Å². The zero-order chi connectivity index (χ0) is 30.3. The maximum atomic E-state index is 13.6. The molecule has 0 saturated carbocycles. The van der Waals surface area contributed by atoms with Gasteiger partial charge in [-0.15, -0.1) is 0 Å². The summed E-state index contributed by atoms with van der Waals surface area (Å²) < 4.78 is 74.6. The van der Waals surface area contributed by atoms with Crippen molar-refractivity contribution < 1.29 is 26.1 Å².